The molecule has 0 N–H and O–H groups in total. The lowest BCUT2D eigenvalue weighted by Crippen LogP contribution is -2.10. The van der Waals surface area contributed by atoms with E-state index in [9.17, 15) is 0 Å². The van der Waals surface area contributed by atoms with Crippen molar-refractivity contribution in [1.82, 2.24) is 4.90 Å². The summed E-state index contributed by atoms with van der Waals surface area (Å²) in [5.74, 6) is 0. The molecular weight excluding hydrogens is 122 g/mol. The number of hydrogen-bond donors (Lipinski definition) is 0. The van der Waals surface area contributed by atoms with E-state index in [1.807, 2.05) is 14.1 Å². The van der Waals surface area contributed by atoms with Crippen LogP contribution in [0.2, 0.25) is 0 Å². The van der Waals surface area contributed by atoms with Crippen molar-refractivity contribution in [3.8, 4) is 0 Å². The van der Waals surface area contributed by atoms with Crippen LogP contribution >= 0.6 is 0 Å². The van der Waals surface area contributed by atoms with Gasteiger partial charge in [-0.1, -0.05) is 31.4 Å². The van der Waals surface area contributed by atoms with Gasteiger partial charge in [0.1, 0.15) is 0 Å². The molecule has 0 aliphatic rings. The highest BCUT2D eigenvalue weighted by molar-refractivity contribution is 5.27. The van der Waals surface area contributed by atoms with Crippen molar-refractivity contribution in [2.24, 2.45) is 0 Å². The van der Waals surface area contributed by atoms with Gasteiger partial charge in [0.25, 0.3) is 0 Å². The van der Waals surface area contributed by atoms with Crippen molar-refractivity contribution in [2.75, 3.05) is 20.6 Å². The predicted octanol–water partition coefficient (Wildman–Crippen LogP) is 1.85. The van der Waals surface area contributed by atoms with E-state index in [2.05, 4.69) is 24.1 Å². The van der Waals surface area contributed by atoms with Crippen LogP contribution in [-0.2, 0) is 0 Å². The first-order valence-corrected chi connectivity index (χ1v) is 3.30. The summed E-state index contributed by atoms with van der Waals surface area (Å²) in [5.41, 5.74) is 1.09. The molecule has 0 aliphatic carbocycles. The van der Waals surface area contributed by atoms with Gasteiger partial charge in [-0.05, 0) is 19.7 Å². The van der Waals surface area contributed by atoms with E-state index in [4.69, 9.17) is 0 Å². The summed E-state index contributed by atoms with van der Waals surface area (Å²) in [6.07, 6.45) is 5.69. The van der Waals surface area contributed by atoms with Gasteiger partial charge in [0, 0.05) is 6.54 Å². The minimum atomic E-state index is 0.938. The zero-order valence-corrected chi connectivity index (χ0v) is 6.80. The zero-order valence-electron chi connectivity index (χ0n) is 6.80. The highest BCUT2D eigenvalue weighted by Gasteiger charge is 1.84. The summed E-state index contributed by atoms with van der Waals surface area (Å²) in [4.78, 5) is 2.09. The molecule has 56 valence electrons. The van der Waals surface area contributed by atoms with Crippen LogP contribution in [0.25, 0.3) is 0 Å². The zero-order chi connectivity index (χ0) is 7.98. The highest BCUT2D eigenvalue weighted by atomic mass is 15.0. The van der Waals surface area contributed by atoms with Crippen LogP contribution in [0.15, 0.2) is 37.0 Å². The molecule has 0 saturated carbocycles. The molecule has 0 atom stereocenters. The standard InChI is InChI=1S/C9H15N/c1-5-9(6-2)7-8-10(3)4/h5-7H,1-2,8H2,3-4H3. The van der Waals surface area contributed by atoms with Crippen molar-refractivity contribution in [3.05, 3.63) is 37.0 Å². The number of likely N-dealkylation sites (N-methyl/N-ethyl adjacent to an activating group) is 1. The minimum absolute atomic E-state index is 0.938. The van der Waals surface area contributed by atoms with Gasteiger partial charge in [0.05, 0.1) is 0 Å². The third-order valence-electron chi connectivity index (χ3n) is 1.16. The fourth-order valence-corrected chi connectivity index (χ4v) is 0.538. The molecule has 0 heterocycles. The molecule has 1 heteroatoms. The van der Waals surface area contributed by atoms with Crippen LogP contribution in [0.5, 0.6) is 0 Å². The van der Waals surface area contributed by atoms with E-state index in [0.717, 1.165) is 12.1 Å². The molecule has 0 unspecified atom stereocenters. The molecule has 10 heavy (non-hydrogen) atoms. The molecule has 0 aromatic rings. The molecule has 0 bridgehead atoms. The summed E-state index contributed by atoms with van der Waals surface area (Å²) in [7, 11) is 4.06. The van der Waals surface area contributed by atoms with Gasteiger partial charge < -0.3 is 4.90 Å². The average molecular weight is 137 g/mol. The maximum atomic E-state index is 3.65. The van der Waals surface area contributed by atoms with Gasteiger partial charge in [-0.25, -0.2) is 0 Å². The summed E-state index contributed by atoms with van der Waals surface area (Å²) in [5, 5.41) is 0. The van der Waals surface area contributed by atoms with Crippen molar-refractivity contribution >= 4 is 0 Å². The summed E-state index contributed by atoms with van der Waals surface area (Å²) in [6, 6.07) is 0. The first-order chi connectivity index (χ1) is 4.70. The Morgan fingerprint density at radius 3 is 2.10 bits per heavy atom. The highest BCUT2D eigenvalue weighted by Crippen LogP contribution is 1.95. The first-order valence-electron chi connectivity index (χ1n) is 3.30. The second kappa shape index (κ2) is 5.00. The van der Waals surface area contributed by atoms with Gasteiger partial charge in [-0.2, -0.15) is 0 Å². The van der Waals surface area contributed by atoms with E-state index in [0.29, 0.717) is 0 Å². The number of nitrogens with zero attached hydrogens (tertiary/aromatic N) is 1. The smallest absolute Gasteiger partial charge is 0.0165 e. The van der Waals surface area contributed by atoms with Crippen LogP contribution in [0.4, 0.5) is 0 Å². The number of allylic oxidation sites excluding steroid dienone is 3. The molecule has 0 aliphatic heterocycles. The Balaban J connectivity index is 3.86. The van der Waals surface area contributed by atoms with Crippen LogP contribution < -0.4 is 0 Å². The summed E-state index contributed by atoms with van der Waals surface area (Å²) >= 11 is 0. The Morgan fingerprint density at radius 2 is 1.80 bits per heavy atom. The van der Waals surface area contributed by atoms with Crippen molar-refractivity contribution in [2.45, 2.75) is 0 Å². The molecule has 0 aromatic carbocycles. The largest absolute Gasteiger partial charge is 0.306 e. The average Bonchev–Trinajstić information content (AvgIpc) is 1.90. The lowest BCUT2D eigenvalue weighted by atomic mass is 10.2. The van der Waals surface area contributed by atoms with Gasteiger partial charge >= 0.3 is 0 Å². The predicted molar refractivity (Wildman–Crippen MR) is 47.0 cm³/mol. The van der Waals surface area contributed by atoms with Crippen LogP contribution in [0.1, 0.15) is 0 Å². The molecule has 0 radical (unpaired) electrons. The van der Waals surface area contributed by atoms with Crippen molar-refractivity contribution in [3.63, 3.8) is 0 Å². The molecule has 0 saturated heterocycles. The van der Waals surface area contributed by atoms with Crippen molar-refractivity contribution < 1.29 is 0 Å². The van der Waals surface area contributed by atoms with Crippen LogP contribution in [-0.4, -0.2) is 25.5 Å². The third-order valence-corrected chi connectivity index (χ3v) is 1.16. The molecule has 1 nitrogen and oxygen atoms in total. The topological polar surface area (TPSA) is 3.24 Å². The van der Waals surface area contributed by atoms with E-state index in [1.165, 1.54) is 0 Å². The number of hydrogen-bond acceptors (Lipinski definition) is 1. The molecular formula is C9H15N. The fourth-order valence-electron chi connectivity index (χ4n) is 0.538. The van der Waals surface area contributed by atoms with Crippen molar-refractivity contribution in [1.29, 1.82) is 0 Å². The van der Waals surface area contributed by atoms with Gasteiger partial charge in [0.15, 0.2) is 0 Å². The molecule has 0 amide bonds. The maximum absolute atomic E-state index is 3.65. The lowest BCUT2D eigenvalue weighted by molar-refractivity contribution is 0.456. The second-order valence-corrected chi connectivity index (χ2v) is 2.37. The monoisotopic (exact) mass is 137 g/mol. The maximum Gasteiger partial charge on any atom is 0.0165 e. The number of rotatable bonds is 4. The fraction of sp³-hybridized carbons (Fsp3) is 0.333. The van der Waals surface area contributed by atoms with E-state index in [-0.39, 0.29) is 0 Å². The van der Waals surface area contributed by atoms with Gasteiger partial charge in [0.2, 0.25) is 0 Å². The Kier molecular flexibility index (Phi) is 4.59. The Bertz CT molecular complexity index is 133. The van der Waals surface area contributed by atoms with E-state index in [1.54, 1.807) is 12.2 Å². The Labute approximate surface area is 63.3 Å². The minimum Gasteiger partial charge on any atom is -0.306 e. The third kappa shape index (κ3) is 4.10. The molecule has 0 aromatic heterocycles. The summed E-state index contributed by atoms with van der Waals surface area (Å²) in [6.45, 7) is 8.24. The van der Waals surface area contributed by atoms with Gasteiger partial charge in [-0.3, -0.25) is 0 Å². The van der Waals surface area contributed by atoms with Crippen LogP contribution in [0.3, 0.4) is 0 Å². The Hall–Kier alpha value is -0.820. The van der Waals surface area contributed by atoms with E-state index >= 15 is 0 Å². The Morgan fingerprint density at radius 1 is 1.30 bits per heavy atom. The molecule has 0 rings (SSSR count). The quantitative estimate of drug-likeness (QED) is 0.534. The molecule has 0 spiro atoms. The normalized spacial score (nSPS) is 9.10. The van der Waals surface area contributed by atoms with E-state index < -0.39 is 0 Å². The molecule has 0 fully saturated rings. The SMILES string of the molecule is C=CC(C=C)=CCN(C)C. The second-order valence-electron chi connectivity index (χ2n) is 2.37. The van der Waals surface area contributed by atoms with Gasteiger partial charge in [-0.15, -0.1) is 0 Å². The summed E-state index contributed by atoms with van der Waals surface area (Å²) < 4.78 is 0. The van der Waals surface area contributed by atoms with Crippen LogP contribution in [0, 0.1) is 0 Å². The lowest BCUT2D eigenvalue weighted by Gasteiger charge is -2.04. The first kappa shape index (κ1) is 9.18.